The van der Waals surface area contributed by atoms with Crippen molar-refractivity contribution in [2.75, 3.05) is 5.32 Å². The van der Waals surface area contributed by atoms with Crippen molar-refractivity contribution >= 4 is 17.4 Å². The number of anilines is 1. The van der Waals surface area contributed by atoms with Gasteiger partial charge in [0, 0.05) is 5.69 Å². The molecule has 0 atom stereocenters. The van der Waals surface area contributed by atoms with Crippen LogP contribution in [0.25, 0.3) is 5.69 Å². The van der Waals surface area contributed by atoms with E-state index in [1.54, 1.807) is 55.5 Å². The maximum Gasteiger partial charge on any atom is 0.339 e. The molecule has 3 rings (SSSR count). The Morgan fingerprint density at radius 3 is 2.41 bits per heavy atom. The van der Waals surface area contributed by atoms with Crippen molar-refractivity contribution in [1.29, 1.82) is 0 Å². The fourth-order valence-electron chi connectivity index (χ4n) is 2.76. The van der Waals surface area contributed by atoms with Gasteiger partial charge in [-0.3, -0.25) is 9.78 Å². The van der Waals surface area contributed by atoms with Gasteiger partial charge in [-0.2, -0.15) is 5.10 Å². The minimum absolute atomic E-state index is 0.0225. The number of rotatable bonds is 4. The molecule has 0 radical (unpaired) electrons. The number of benzene rings is 2. The molecule has 0 fully saturated rings. The first-order valence-corrected chi connectivity index (χ1v) is 8.69. The van der Waals surface area contributed by atoms with Gasteiger partial charge in [0.25, 0.3) is 5.56 Å². The zero-order valence-electron chi connectivity index (χ0n) is 15.8. The lowest BCUT2D eigenvalue weighted by molar-refractivity contribution is 0.252. The lowest BCUT2D eigenvalue weighted by Gasteiger charge is -2.13. The predicted octanol–water partition coefficient (Wildman–Crippen LogP) is 2.09. The van der Waals surface area contributed by atoms with Crippen LogP contribution in [0.3, 0.4) is 0 Å². The van der Waals surface area contributed by atoms with Gasteiger partial charge in [-0.25, -0.2) is 19.6 Å². The van der Waals surface area contributed by atoms with E-state index in [9.17, 15) is 19.5 Å². The number of hydrazone groups is 1. The molecule has 9 nitrogen and oxygen atoms in total. The van der Waals surface area contributed by atoms with Crippen LogP contribution in [-0.4, -0.2) is 26.4 Å². The molecule has 0 aliphatic carbocycles. The third kappa shape index (κ3) is 4.24. The van der Waals surface area contributed by atoms with Crippen LogP contribution in [-0.2, 0) is 0 Å². The van der Waals surface area contributed by atoms with Crippen LogP contribution in [0.5, 0.6) is 5.88 Å². The number of aromatic nitrogens is 2. The van der Waals surface area contributed by atoms with Gasteiger partial charge < -0.3 is 10.4 Å². The Bertz CT molecular complexity index is 1200. The summed E-state index contributed by atoms with van der Waals surface area (Å²) in [6, 6.07) is 15.0. The van der Waals surface area contributed by atoms with Crippen LogP contribution in [0, 0.1) is 6.92 Å². The van der Waals surface area contributed by atoms with E-state index in [1.807, 2.05) is 6.07 Å². The van der Waals surface area contributed by atoms with Gasteiger partial charge in [-0.1, -0.05) is 36.4 Å². The van der Waals surface area contributed by atoms with Gasteiger partial charge in [-0.15, -0.1) is 0 Å². The minimum Gasteiger partial charge on any atom is -0.493 e. The Kier molecular flexibility index (Phi) is 5.59. The zero-order valence-corrected chi connectivity index (χ0v) is 15.8. The van der Waals surface area contributed by atoms with Gasteiger partial charge in [0.05, 0.1) is 11.4 Å². The average Bonchev–Trinajstić information content (AvgIpc) is 2.68. The van der Waals surface area contributed by atoms with Crippen LogP contribution in [0.4, 0.5) is 10.5 Å². The van der Waals surface area contributed by atoms with Gasteiger partial charge in [0.15, 0.2) is 0 Å². The van der Waals surface area contributed by atoms with Crippen molar-refractivity contribution in [2.24, 2.45) is 5.10 Å². The Balaban J connectivity index is 1.94. The highest BCUT2D eigenvalue weighted by molar-refractivity contribution is 6.01. The van der Waals surface area contributed by atoms with E-state index in [1.165, 1.54) is 6.92 Å². The van der Waals surface area contributed by atoms with Crippen molar-refractivity contribution < 1.29 is 9.90 Å². The molecule has 2 amide bonds. The third-order valence-corrected chi connectivity index (χ3v) is 4.16. The van der Waals surface area contributed by atoms with Gasteiger partial charge in [0.2, 0.25) is 5.88 Å². The van der Waals surface area contributed by atoms with E-state index in [2.05, 4.69) is 20.8 Å². The lowest BCUT2D eigenvalue weighted by atomic mass is 10.1. The largest absolute Gasteiger partial charge is 0.493 e. The van der Waals surface area contributed by atoms with Crippen LogP contribution in [0.2, 0.25) is 0 Å². The van der Waals surface area contributed by atoms with Crippen molar-refractivity contribution in [3.8, 4) is 11.6 Å². The maximum absolute atomic E-state index is 12.3. The number of carbonyl (C=O) groups is 1. The average molecular weight is 393 g/mol. The van der Waals surface area contributed by atoms with Crippen molar-refractivity contribution in [3.63, 3.8) is 0 Å². The summed E-state index contributed by atoms with van der Waals surface area (Å²) in [4.78, 5) is 38.7. The van der Waals surface area contributed by atoms with Crippen LogP contribution < -0.4 is 22.0 Å². The van der Waals surface area contributed by atoms with Gasteiger partial charge in [0.1, 0.15) is 5.56 Å². The molecule has 0 unspecified atom stereocenters. The molecule has 0 saturated carbocycles. The molecule has 0 bridgehead atoms. The first-order valence-electron chi connectivity index (χ1n) is 8.69. The van der Waals surface area contributed by atoms with Gasteiger partial charge >= 0.3 is 11.7 Å². The monoisotopic (exact) mass is 393 g/mol. The smallest absolute Gasteiger partial charge is 0.339 e. The standard InChI is InChI=1S/C20H19N5O4/c1-12-8-6-7-11-15(12)25-18(27)16(17(26)22-20(25)29)13(2)23-24-19(28)21-14-9-4-3-5-10-14/h3-11,27H,1-2H3,(H2,21,24,28)(H,22,26,29). The molecule has 2 aromatic carbocycles. The summed E-state index contributed by atoms with van der Waals surface area (Å²) >= 11 is 0. The molecule has 0 saturated heterocycles. The van der Waals surface area contributed by atoms with E-state index in [0.29, 0.717) is 11.4 Å². The molecular formula is C20H19N5O4. The molecule has 0 aliphatic rings. The van der Waals surface area contributed by atoms with E-state index in [4.69, 9.17) is 0 Å². The highest BCUT2D eigenvalue weighted by Gasteiger charge is 2.19. The summed E-state index contributed by atoms with van der Waals surface area (Å²) in [5.41, 5.74) is 2.14. The van der Waals surface area contributed by atoms with E-state index in [0.717, 1.165) is 10.1 Å². The Morgan fingerprint density at radius 1 is 1.07 bits per heavy atom. The Hall–Kier alpha value is -4.14. The second-order valence-electron chi connectivity index (χ2n) is 6.21. The summed E-state index contributed by atoms with van der Waals surface area (Å²) in [6.07, 6.45) is 0. The second-order valence-corrected chi connectivity index (χ2v) is 6.21. The minimum atomic E-state index is -0.816. The number of aryl methyl sites for hydroxylation is 1. The summed E-state index contributed by atoms with van der Waals surface area (Å²) < 4.78 is 0.981. The SMILES string of the molecule is CC(=NNC(=O)Nc1ccccc1)c1c(O)n(-c2ccccc2C)c(=O)[nH]c1=O. The first kappa shape index (κ1) is 19.6. The van der Waals surface area contributed by atoms with Crippen molar-refractivity contribution in [1.82, 2.24) is 15.0 Å². The molecule has 4 N–H and O–H groups in total. The fourth-order valence-corrected chi connectivity index (χ4v) is 2.76. The zero-order chi connectivity index (χ0) is 21.0. The number of carbonyl (C=O) groups excluding carboxylic acids is 1. The molecule has 3 aromatic rings. The highest BCUT2D eigenvalue weighted by atomic mass is 16.3. The maximum atomic E-state index is 12.3. The summed E-state index contributed by atoms with van der Waals surface area (Å²) in [5.74, 6) is -0.570. The number of amides is 2. The molecule has 0 spiro atoms. The quantitative estimate of drug-likeness (QED) is 0.399. The van der Waals surface area contributed by atoms with Crippen molar-refractivity contribution in [3.05, 3.63) is 86.6 Å². The number of H-pyrrole nitrogens is 1. The van der Waals surface area contributed by atoms with Crippen molar-refractivity contribution in [2.45, 2.75) is 13.8 Å². The first-order chi connectivity index (χ1) is 13.9. The number of hydrogen-bond acceptors (Lipinski definition) is 5. The van der Waals surface area contributed by atoms with Crippen LogP contribution >= 0.6 is 0 Å². The summed E-state index contributed by atoms with van der Waals surface area (Å²) in [6.45, 7) is 3.20. The number of para-hydroxylation sites is 2. The van der Waals surface area contributed by atoms with Gasteiger partial charge in [-0.05, 0) is 37.6 Å². The van der Waals surface area contributed by atoms with E-state index < -0.39 is 23.2 Å². The molecule has 1 heterocycles. The normalized spacial score (nSPS) is 11.2. The number of aromatic amines is 1. The molecular weight excluding hydrogens is 374 g/mol. The number of nitrogens with one attached hydrogen (secondary N) is 3. The Morgan fingerprint density at radius 2 is 1.72 bits per heavy atom. The lowest BCUT2D eigenvalue weighted by Crippen LogP contribution is -2.34. The second kappa shape index (κ2) is 8.26. The highest BCUT2D eigenvalue weighted by Crippen LogP contribution is 2.19. The number of aromatic hydroxyl groups is 1. The van der Waals surface area contributed by atoms with E-state index in [-0.39, 0.29) is 11.3 Å². The molecule has 148 valence electrons. The molecule has 9 heteroatoms. The third-order valence-electron chi connectivity index (χ3n) is 4.16. The summed E-state index contributed by atoms with van der Waals surface area (Å²) in [7, 11) is 0. The molecule has 0 aliphatic heterocycles. The molecule has 1 aromatic heterocycles. The van der Waals surface area contributed by atoms with E-state index >= 15 is 0 Å². The number of urea groups is 1. The number of nitrogens with zero attached hydrogens (tertiary/aromatic N) is 2. The van der Waals surface area contributed by atoms with Crippen LogP contribution in [0.15, 0.2) is 69.3 Å². The topological polar surface area (TPSA) is 129 Å². The Labute approximate surface area is 165 Å². The summed E-state index contributed by atoms with van der Waals surface area (Å²) in [5, 5.41) is 17.1. The number of hydrogen-bond donors (Lipinski definition) is 4. The fraction of sp³-hybridized carbons (Fsp3) is 0.100. The predicted molar refractivity (Wildman–Crippen MR) is 110 cm³/mol. The molecule has 29 heavy (non-hydrogen) atoms. The van der Waals surface area contributed by atoms with Crippen LogP contribution in [0.1, 0.15) is 18.1 Å².